The van der Waals surface area contributed by atoms with Crippen molar-refractivity contribution in [1.29, 1.82) is 0 Å². The molecule has 0 radical (unpaired) electrons. The SMILES string of the molecule is Cc1c(C(=O)NCCOc2ccc(Cl)cn2)nnn1C1CCNCC1. The third-order valence-electron chi connectivity index (χ3n) is 4.13. The van der Waals surface area contributed by atoms with E-state index in [2.05, 4.69) is 25.9 Å². The average Bonchev–Trinajstić information content (AvgIpc) is 3.02. The Morgan fingerprint density at radius 1 is 1.44 bits per heavy atom. The number of amides is 1. The summed E-state index contributed by atoms with van der Waals surface area (Å²) in [5.74, 6) is 0.219. The van der Waals surface area contributed by atoms with Crippen molar-refractivity contribution in [3.05, 3.63) is 34.7 Å². The van der Waals surface area contributed by atoms with Gasteiger partial charge in [0, 0.05) is 12.3 Å². The second-order valence-electron chi connectivity index (χ2n) is 5.87. The van der Waals surface area contributed by atoms with E-state index in [-0.39, 0.29) is 5.91 Å². The Bertz CT molecular complexity index is 712. The quantitative estimate of drug-likeness (QED) is 0.752. The Balaban J connectivity index is 1.49. The third-order valence-corrected chi connectivity index (χ3v) is 4.36. The van der Waals surface area contributed by atoms with Crippen LogP contribution in [0.15, 0.2) is 18.3 Å². The van der Waals surface area contributed by atoms with E-state index in [4.69, 9.17) is 16.3 Å². The van der Waals surface area contributed by atoms with Gasteiger partial charge in [0.25, 0.3) is 5.91 Å². The zero-order chi connectivity index (χ0) is 17.6. The van der Waals surface area contributed by atoms with Crippen LogP contribution < -0.4 is 15.4 Å². The van der Waals surface area contributed by atoms with Gasteiger partial charge in [-0.15, -0.1) is 5.10 Å². The maximum Gasteiger partial charge on any atom is 0.273 e. The third kappa shape index (κ3) is 4.46. The number of carbonyl (C=O) groups excluding carboxylic acids is 1. The van der Waals surface area contributed by atoms with E-state index in [1.165, 1.54) is 6.20 Å². The van der Waals surface area contributed by atoms with Crippen LogP contribution in [0.3, 0.4) is 0 Å². The number of aromatic nitrogens is 4. The number of rotatable bonds is 6. The van der Waals surface area contributed by atoms with Crippen LogP contribution in [0.4, 0.5) is 0 Å². The molecule has 9 heteroatoms. The lowest BCUT2D eigenvalue weighted by molar-refractivity contribution is 0.0941. The monoisotopic (exact) mass is 364 g/mol. The summed E-state index contributed by atoms with van der Waals surface area (Å²) >= 11 is 5.76. The minimum absolute atomic E-state index is 0.245. The first-order valence-corrected chi connectivity index (χ1v) is 8.68. The van der Waals surface area contributed by atoms with Crippen LogP contribution in [-0.4, -0.2) is 52.1 Å². The van der Waals surface area contributed by atoms with Gasteiger partial charge in [-0.1, -0.05) is 16.8 Å². The molecule has 2 N–H and O–H groups in total. The van der Waals surface area contributed by atoms with E-state index < -0.39 is 0 Å². The molecule has 0 aliphatic carbocycles. The van der Waals surface area contributed by atoms with Gasteiger partial charge in [-0.2, -0.15) is 0 Å². The molecule has 3 rings (SSSR count). The molecule has 0 spiro atoms. The highest BCUT2D eigenvalue weighted by atomic mass is 35.5. The summed E-state index contributed by atoms with van der Waals surface area (Å²) in [5, 5.41) is 14.9. The Morgan fingerprint density at radius 3 is 2.96 bits per heavy atom. The van der Waals surface area contributed by atoms with Crippen molar-refractivity contribution in [3.8, 4) is 5.88 Å². The summed E-state index contributed by atoms with van der Waals surface area (Å²) in [6.07, 6.45) is 3.50. The minimum Gasteiger partial charge on any atom is -0.476 e. The number of piperidine rings is 1. The van der Waals surface area contributed by atoms with Crippen LogP contribution in [0.5, 0.6) is 5.88 Å². The molecular formula is C16H21ClN6O2. The van der Waals surface area contributed by atoms with E-state index in [0.29, 0.717) is 35.8 Å². The van der Waals surface area contributed by atoms with Crippen LogP contribution in [0.1, 0.15) is 35.1 Å². The molecule has 0 bridgehead atoms. The molecule has 0 atom stereocenters. The first-order valence-electron chi connectivity index (χ1n) is 8.30. The molecule has 1 saturated heterocycles. The number of hydrogen-bond donors (Lipinski definition) is 2. The topological polar surface area (TPSA) is 94.0 Å². The fourth-order valence-electron chi connectivity index (χ4n) is 2.80. The smallest absolute Gasteiger partial charge is 0.273 e. The molecule has 25 heavy (non-hydrogen) atoms. The second kappa shape index (κ2) is 8.26. The summed E-state index contributed by atoms with van der Waals surface area (Å²) in [6, 6.07) is 3.68. The zero-order valence-electron chi connectivity index (χ0n) is 14.0. The van der Waals surface area contributed by atoms with Gasteiger partial charge in [-0.05, 0) is 38.9 Å². The highest BCUT2D eigenvalue weighted by Crippen LogP contribution is 2.20. The lowest BCUT2D eigenvalue weighted by atomic mass is 10.1. The lowest BCUT2D eigenvalue weighted by Gasteiger charge is -2.23. The molecule has 8 nitrogen and oxygen atoms in total. The number of ether oxygens (including phenoxy) is 1. The van der Waals surface area contributed by atoms with Crippen LogP contribution in [0.2, 0.25) is 5.02 Å². The first-order chi connectivity index (χ1) is 12.1. The van der Waals surface area contributed by atoms with Gasteiger partial charge < -0.3 is 15.4 Å². The standard InChI is InChI=1S/C16H21ClN6O2/c1-11-15(21-22-23(11)13-4-6-18-7-5-13)16(24)19-8-9-25-14-3-2-12(17)10-20-14/h2-3,10,13,18H,4-9H2,1H3,(H,19,24). The Morgan fingerprint density at radius 2 is 2.24 bits per heavy atom. The van der Waals surface area contributed by atoms with E-state index in [1.807, 2.05) is 11.6 Å². The van der Waals surface area contributed by atoms with Crippen molar-refractivity contribution in [2.75, 3.05) is 26.2 Å². The van der Waals surface area contributed by atoms with Crippen LogP contribution in [0, 0.1) is 6.92 Å². The molecule has 0 saturated carbocycles. The van der Waals surface area contributed by atoms with Gasteiger partial charge in [-0.25, -0.2) is 9.67 Å². The van der Waals surface area contributed by atoms with E-state index in [1.54, 1.807) is 12.1 Å². The van der Waals surface area contributed by atoms with E-state index in [9.17, 15) is 4.79 Å². The summed E-state index contributed by atoms with van der Waals surface area (Å²) in [5.41, 5.74) is 1.16. The van der Waals surface area contributed by atoms with Gasteiger partial charge in [0.1, 0.15) is 6.61 Å². The number of nitrogens with one attached hydrogen (secondary N) is 2. The summed E-state index contributed by atoms with van der Waals surface area (Å²) in [4.78, 5) is 16.3. The van der Waals surface area contributed by atoms with Crippen molar-refractivity contribution < 1.29 is 9.53 Å². The van der Waals surface area contributed by atoms with E-state index in [0.717, 1.165) is 31.6 Å². The maximum atomic E-state index is 12.3. The van der Waals surface area contributed by atoms with Gasteiger partial charge in [0.05, 0.1) is 23.3 Å². The van der Waals surface area contributed by atoms with Gasteiger partial charge in [0.2, 0.25) is 5.88 Å². The average molecular weight is 365 g/mol. The van der Waals surface area contributed by atoms with Crippen molar-refractivity contribution >= 4 is 17.5 Å². The number of hydrogen-bond acceptors (Lipinski definition) is 6. The predicted molar refractivity (Wildman–Crippen MR) is 93.0 cm³/mol. The number of nitrogens with zero attached hydrogens (tertiary/aromatic N) is 4. The highest BCUT2D eigenvalue weighted by Gasteiger charge is 2.22. The molecule has 3 heterocycles. The summed E-state index contributed by atoms with van der Waals surface area (Å²) < 4.78 is 7.31. The summed E-state index contributed by atoms with van der Waals surface area (Å²) in [7, 11) is 0. The molecule has 1 amide bonds. The molecule has 0 unspecified atom stereocenters. The minimum atomic E-state index is -0.245. The van der Waals surface area contributed by atoms with Gasteiger partial charge >= 0.3 is 0 Å². The number of halogens is 1. The second-order valence-corrected chi connectivity index (χ2v) is 6.30. The number of pyridine rings is 1. The van der Waals surface area contributed by atoms with Crippen LogP contribution in [-0.2, 0) is 0 Å². The molecule has 2 aromatic heterocycles. The molecule has 0 aromatic carbocycles. The normalized spacial score (nSPS) is 15.1. The molecule has 1 aliphatic heterocycles. The summed E-state index contributed by atoms with van der Waals surface area (Å²) in [6.45, 7) is 4.46. The molecular weight excluding hydrogens is 344 g/mol. The van der Waals surface area contributed by atoms with E-state index >= 15 is 0 Å². The number of carbonyl (C=O) groups is 1. The maximum absolute atomic E-state index is 12.3. The van der Waals surface area contributed by atoms with Crippen molar-refractivity contribution in [2.45, 2.75) is 25.8 Å². The van der Waals surface area contributed by atoms with Crippen LogP contribution in [0.25, 0.3) is 0 Å². The molecule has 2 aromatic rings. The fourth-order valence-corrected chi connectivity index (χ4v) is 2.91. The van der Waals surface area contributed by atoms with Crippen LogP contribution >= 0.6 is 11.6 Å². The zero-order valence-corrected chi connectivity index (χ0v) is 14.8. The van der Waals surface area contributed by atoms with Crippen molar-refractivity contribution in [1.82, 2.24) is 30.6 Å². The lowest BCUT2D eigenvalue weighted by Crippen LogP contribution is -2.31. The predicted octanol–water partition coefficient (Wildman–Crippen LogP) is 1.37. The Kier molecular flexibility index (Phi) is 5.83. The fraction of sp³-hybridized carbons (Fsp3) is 0.500. The first kappa shape index (κ1) is 17.6. The molecule has 1 aliphatic rings. The molecule has 134 valence electrons. The molecule has 1 fully saturated rings. The van der Waals surface area contributed by atoms with Gasteiger partial charge in [0.15, 0.2) is 5.69 Å². The Hall–Kier alpha value is -2.19. The Labute approximate surface area is 150 Å². The highest BCUT2D eigenvalue weighted by molar-refractivity contribution is 6.30. The largest absolute Gasteiger partial charge is 0.476 e. The van der Waals surface area contributed by atoms with Crippen molar-refractivity contribution in [2.24, 2.45) is 0 Å². The van der Waals surface area contributed by atoms with Gasteiger partial charge in [-0.3, -0.25) is 4.79 Å². The van der Waals surface area contributed by atoms with Crippen molar-refractivity contribution in [3.63, 3.8) is 0 Å².